The van der Waals surface area contributed by atoms with Crippen molar-refractivity contribution in [2.24, 2.45) is 11.3 Å². The molecule has 5 aliphatic rings. The maximum Gasteiger partial charge on any atom is 0.219 e. The van der Waals surface area contributed by atoms with Crippen LogP contribution in [0, 0.1) is 11.3 Å². The van der Waals surface area contributed by atoms with Gasteiger partial charge in [-0.15, -0.1) is 0 Å². The molecule has 2 aromatic heterocycles. The largest absolute Gasteiger partial charge is 0.481 e. The molecule has 2 aliphatic carbocycles. The average molecular weight is 739 g/mol. The lowest BCUT2D eigenvalue weighted by atomic mass is 9.72. The summed E-state index contributed by atoms with van der Waals surface area (Å²) >= 11 is 14.6. The lowest BCUT2D eigenvalue weighted by Gasteiger charge is -2.61. The average Bonchev–Trinajstić information content (AvgIpc) is 3.71. The van der Waals surface area contributed by atoms with Crippen molar-refractivity contribution in [3.63, 3.8) is 0 Å². The number of ether oxygens (including phenoxy) is 2. The third-order valence-electron chi connectivity index (χ3n) is 12.5. The van der Waals surface area contributed by atoms with Crippen molar-refractivity contribution in [2.75, 3.05) is 53.5 Å². The monoisotopic (exact) mass is 737 g/mol. The van der Waals surface area contributed by atoms with E-state index in [1.165, 1.54) is 28.7 Å². The summed E-state index contributed by atoms with van der Waals surface area (Å²) in [5.74, 6) is 2.32. The molecule has 2 atom stereocenters. The number of hydrogen-bond acceptors (Lipinski definition) is 7. The number of aromatic nitrogens is 2. The maximum absolute atomic E-state index is 11.8. The zero-order valence-electron chi connectivity index (χ0n) is 30.3. The quantitative estimate of drug-likeness (QED) is 0.180. The number of aryl methyl sites for hydroxylation is 2. The van der Waals surface area contributed by atoms with Crippen LogP contribution in [0.5, 0.6) is 11.8 Å². The molecule has 8 nitrogen and oxygen atoms in total. The molecule has 9 rings (SSSR count). The first kappa shape index (κ1) is 34.1. The second-order valence-corrected chi connectivity index (χ2v) is 16.4. The van der Waals surface area contributed by atoms with Crippen molar-refractivity contribution < 1.29 is 14.3 Å². The van der Waals surface area contributed by atoms with Gasteiger partial charge >= 0.3 is 0 Å². The van der Waals surface area contributed by atoms with E-state index >= 15 is 0 Å². The Hall–Kier alpha value is -3.69. The van der Waals surface area contributed by atoms with Crippen LogP contribution >= 0.6 is 23.2 Å². The maximum atomic E-state index is 11.8. The molecule has 0 radical (unpaired) electrons. The Balaban J connectivity index is 1.00. The number of likely N-dealkylation sites (tertiary alicyclic amines) is 3. The van der Waals surface area contributed by atoms with E-state index in [9.17, 15) is 4.79 Å². The minimum atomic E-state index is 0.170. The van der Waals surface area contributed by atoms with Crippen LogP contribution in [0.3, 0.4) is 0 Å². The van der Waals surface area contributed by atoms with Crippen molar-refractivity contribution >= 4 is 29.1 Å². The summed E-state index contributed by atoms with van der Waals surface area (Å²) < 4.78 is 11.9. The SMILES string of the molecule is CCC1CN([C@@H]2CCc3cc(-c4cccc(-c5cccc(-c6cc7c(c(OC)n6)[C@@H](N6CC8(CN(C(C)=O)C8)C6)CC7)c5Cl)c4Cl)nc(OC)c32)C1. The van der Waals surface area contributed by atoms with Gasteiger partial charge in [0.05, 0.1) is 35.7 Å². The molecule has 4 aromatic rings. The van der Waals surface area contributed by atoms with E-state index in [1.54, 1.807) is 21.1 Å². The third kappa shape index (κ3) is 5.43. The zero-order valence-corrected chi connectivity index (χ0v) is 31.9. The Morgan fingerprint density at radius 1 is 0.769 bits per heavy atom. The number of halogens is 2. The molecule has 3 saturated heterocycles. The Kier molecular flexibility index (Phi) is 8.53. The van der Waals surface area contributed by atoms with Crippen molar-refractivity contribution in [1.82, 2.24) is 24.7 Å². The van der Waals surface area contributed by atoms with E-state index < -0.39 is 0 Å². The van der Waals surface area contributed by atoms with Gasteiger partial charge in [0.1, 0.15) is 0 Å². The number of nitrogens with zero attached hydrogens (tertiary/aromatic N) is 5. The van der Waals surface area contributed by atoms with Gasteiger partial charge < -0.3 is 14.4 Å². The number of benzene rings is 2. The van der Waals surface area contributed by atoms with Crippen LogP contribution in [0.2, 0.25) is 10.0 Å². The van der Waals surface area contributed by atoms with Gasteiger partial charge in [0.15, 0.2) is 0 Å². The minimum Gasteiger partial charge on any atom is -0.481 e. The fourth-order valence-corrected chi connectivity index (χ4v) is 10.4. The smallest absolute Gasteiger partial charge is 0.219 e. The van der Waals surface area contributed by atoms with Gasteiger partial charge in [-0.3, -0.25) is 14.6 Å². The molecule has 5 heterocycles. The Labute approximate surface area is 316 Å². The van der Waals surface area contributed by atoms with Crippen molar-refractivity contribution in [3.05, 3.63) is 80.8 Å². The van der Waals surface area contributed by atoms with Gasteiger partial charge in [-0.1, -0.05) is 72.9 Å². The number of methoxy groups -OCH3 is 2. The lowest BCUT2D eigenvalue weighted by molar-refractivity contribution is -0.161. The molecule has 270 valence electrons. The summed E-state index contributed by atoms with van der Waals surface area (Å²) in [5.41, 5.74) is 10.2. The molecular weight excluding hydrogens is 693 g/mol. The molecule has 3 fully saturated rings. The molecule has 0 N–H and O–H groups in total. The molecule has 0 saturated carbocycles. The third-order valence-corrected chi connectivity index (χ3v) is 13.3. The molecular formula is C42H45Cl2N5O3. The normalized spacial score (nSPS) is 22.1. The highest BCUT2D eigenvalue weighted by atomic mass is 35.5. The van der Waals surface area contributed by atoms with Crippen molar-refractivity contribution in [3.8, 4) is 45.4 Å². The molecule has 52 heavy (non-hydrogen) atoms. The molecule has 3 aliphatic heterocycles. The van der Waals surface area contributed by atoms with Crippen LogP contribution < -0.4 is 9.47 Å². The molecule has 10 heteroatoms. The first-order chi connectivity index (χ1) is 25.2. The molecule has 0 bridgehead atoms. The highest BCUT2D eigenvalue weighted by Crippen LogP contribution is 2.51. The van der Waals surface area contributed by atoms with E-state index in [0.717, 1.165) is 105 Å². The standard InChI is InChI=1S/C42H45Cl2N5O3/c1-5-25-18-47(19-25)34-14-12-26-16-32(45-40(51-3)36(26)34)30-10-6-8-28(38(30)43)29-9-7-11-31(39(29)44)33-17-27-13-15-35(37(27)41(46-33)52-4)49-22-42(23-49)20-48(21-42)24(2)50/h6-11,16-17,25,34-35H,5,12-15,18-23H2,1-4H3/t34-,35+/m1/s1. The van der Waals surface area contributed by atoms with E-state index in [1.807, 2.05) is 41.3 Å². The summed E-state index contributed by atoms with van der Waals surface area (Å²) in [4.78, 5) is 28.9. The lowest BCUT2D eigenvalue weighted by Crippen LogP contribution is -2.72. The molecule has 1 amide bonds. The zero-order chi connectivity index (χ0) is 35.9. The highest BCUT2D eigenvalue weighted by Gasteiger charge is 2.55. The fraction of sp³-hybridized carbons (Fsp3) is 0.452. The van der Waals surface area contributed by atoms with Crippen LogP contribution in [0.25, 0.3) is 33.6 Å². The summed E-state index contributed by atoms with van der Waals surface area (Å²) in [6, 6.07) is 17.1. The molecule has 2 aromatic carbocycles. The minimum absolute atomic E-state index is 0.170. The number of fused-ring (bicyclic) bond motifs is 2. The Bertz CT molecular complexity index is 2080. The number of pyridine rings is 2. The summed E-state index contributed by atoms with van der Waals surface area (Å²) in [6.07, 6.45) is 5.30. The number of rotatable bonds is 8. The van der Waals surface area contributed by atoms with Gasteiger partial charge in [-0.2, -0.15) is 0 Å². The Morgan fingerprint density at radius 2 is 1.25 bits per heavy atom. The van der Waals surface area contributed by atoms with E-state index in [2.05, 4.69) is 28.9 Å². The van der Waals surface area contributed by atoms with E-state index in [0.29, 0.717) is 27.8 Å². The van der Waals surface area contributed by atoms with E-state index in [4.69, 9.17) is 42.6 Å². The number of amides is 1. The first-order valence-electron chi connectivity index (χ1n) is 18.7. The van der Waals surface area contributed by atoms with Crippen LogP contribution in [0.4, 0.5) is 0 Å². The number of carbonyl (C=O) groups excluding carboxylic acids is 1. The van der Waals surface area contributed by atoms with E-state index in [-0.39, 0.29) is 17.4 Å². The molecule has 1 spiro atoms. The summed E-state index contributed by atoms with van der Waals surface area (Å²) in [5, 5.41) is 1.20. The molecule has 0 unspecified atom stereocenters. The van der Waals surface area contributed by atoms with Gasteiger partial charge in [-0.25, -0.2) is 9.97 Å². The fourth-order valence-electron chi connectivity index (χ4n) is 9.70. The Morgan fingerprint density at radius 3 is 1.71 bits per heavy atom. The van der Waals surface area contributed by atoms with Crippen LogP contribution in [-0.4, -0.2) is 84.1 Å². The van der Waals surface area contributed by atoms with Crippen molar-refractivity contribution in [2.45, 2.75) is 58.0 Å². The summed E-state index contributed by atoms with van der Waals surface area (Å²) in [7, 11) is 3.42. The number of hydrogen-bond donors (Lipinski definition) is 0. The van der Waals surface area contributed by atoms with Gasteiger partial charge in [0, 0.05) is 97.1 Å². The predicted molar refractivity (Wildman–Crippen MR) is 205 cm³/mol. The predicted octanol–water partition coefficient (Wildman–Crippen LogP) is 8.28. The van der Waals surface area contributed by atoms with Crippen LogP contribution in [0.1, 0.15) is 67.4 Å². The second-order valence-electron chi connectivity index (χ2n) is 15.6. The first-order valence-corrected chi connectivity index (χ1v) is 19.4. The topological polar surface area (TPSA) is 71.0 Å². The highest BCUT2D eigenvalue weighted by molar-refractivity contribution is 6.39. The van der Waals surface area contributed by atoms with Crippen LogP contribution in [-0.2, 0) is 17.6 Å². The van der Waals surface area contributed by atoms with Crippen LogP contribution in [0.15, 0.2) is 48.5 Å². The summed E-state index contributed by atoms with van der Waals surface area (Å²) in [6.45, 7) is 9.98. The van der Waals surface area contributed by atoms with Gasteiger partial charge in [-0.05, 0) is 54.9 Å². The van der Waals surface area contributed by atoms with Crippen molar-refractivity contribution in [1.29, 1.82) is 0 Å². The van der Waals surface area contributed by atoms with Gasteiger partial charge in [0.25, 0.3) is 0 Å². The number of carbonyl (C=O) groups is 1. The second kappa shape index (κ2) is 13.0. The van der Waals surface area contributed by atoms with Gasteiger partial charge in [0.2, 0.25) is 17.7 Å².